The molecular formula is C12H13BrClN3S. The molecule has 96 valence electrons. The van der Waals surface area contributed by atoms with Gasteiger partial charge in [-0.15, -0.1) is 21.8 Å². The number of aromatic nitrogens is 3. The smallest absolute Gasteiger partial charge is 0.191 e. The Balaban J connectivity index is 2.23. The average Bonchev–Trinajstić information content (AvgIpc) is 2.72. The zero-order valence-electron chi connectivity index (χ0n) is 9.94. The number of hydrogen-bond donors (Lipinski definition) is 0. The summed E-state index contributed by atoms with van der Waals surface area (Å²) in [6.45, 7) is 0. The first kappa shape index (κ1) is 13.9. The molecule has 0 N–H and O–H groups in total. The quantitative estimate of drug-likeness (QED) is 0.466. The first-order valence-electron chi connectivity index (χ1n) is 5.57. The molecule has 0 aliphatic heterocycles. The number of alkyl halides is 1. The van der Waals surface area contributed by atoms with Gasteiger partial charge >= 0.3 is 0 Å². The van der Waals surface area contributed by atoms with Crippen LogP contribution in [-0.2, 0) is 7.05 Å². The van der Waals surface area contributed by atoms with Crippen LogP contribution in [0, 0.1) is 0 Å². The van der Waals surface area contributed by atoms with Crippen LogP contribution in [0.2, 0.25) is 0 Å². The Hall–Kier alpha value is -0.520. The minimum Gasteiger partial charge on any atom is -0.305 e. The Bertz CT molecular complexity index is 530. The SMILES string of the molecule is Cn1c(SCCCCl)nnc1-c1ccccc1Br. The fraction of sp³-hybridized carbons (Fsp3) is 0.333. The zero-order chi connectivity index (χ0) is 13.0. The van der Waals surface area contributed by atoms with Crippen molar-refractivity contribution < 1.29 is 0 Å². The van der Waals surface area contributed by atoms with Crippen molar-refractivity contribution >= 4 is 39.3 Å². The van der Waals surface area contributed by atoms with Gasteiger partial charge in [0.05, 0.1) is 0 Å². The van der Waals surface area contributed by atoms with Crippen molar-refractivity contribution in [2.45, 2.75) is 11.6 Å². The fourth-order valence-corrected chi connectivity index (χ4v) is 3.14. The van der Waals surface area contributed by atoms with E-state index in [-0.39, 0.29) is 0 Å². The molecule has 18 heavy (non-hydrogen) atoms. The van der Waals surface area contributed by atoms with Crippen LogP contribution < -0.4 is 0 Å². The first-order chi connectivity index (χ1) is 8.74. The molecule has 0 amide bonds. The Labute approximate surface area is 124 Å². The predicted octanol–water partition coefficient (Wildman–Crippen LogP) is 3.97. The Morgan fingerprint density at radius 2 is 2.11 bits per heavy atom. The second-order valence-corrected chi connectivity index (χ2v) is 6.03. The molecule has 0 unspecified atom stereocenters. The van der Waals surface area contributed by atoms with E-state index in [0.717, 1.165) is 33.2 Å². The first-order valence-corrected chi connectivity index (χ1v) is 7.88. The van der Waals surface area contributed by atoms with E-state index in [9.17, 15) is 0 Å². The van der Waals surface area contributed by atoms with Gasteiger partial charge in [-0.3, -0.25) is 0 Å². The summed E-state index contributed by atoms with van der Waals surface area (Å²) in [6.07, 6.45) is 0.976. The summed E-state index contributed by atoms with van der Waals surface area (Å²) >= 11 is 10.9. The Kier molecular flexibility index (Phi) is 5.09. The lowest BCUT2D eigenvalue weighted by Gasteiger charge is -2.05. The summed E-state index contributed by atoms with van der Waals surface area (Å²) in [4.78, 5) is 0. The highest BCUT2D eigenvalue weighted by molar-refractivity contribution is 9.10. The lowest BCUT2D eigenvalue weighted by Crippen LogP contribution is -1.96. The van der Waals surface area contributed by atoms with Crippen LogP contribution in [0.3, 0.4) is 0 Å². The monoisotopic (exact) mass is 345 g/mol. The maximum Gasteiger partial charge on any atom is 0.191 e. The van der Waals surface area contributed by atoms with Crippen molar-refractivity contribution in [3.05, 3.63) is 28.7 Å². The highest BCUT2D eigenvalue weighted by atomic mass is 79.9. The van der Waals surface area contributed by atoms with E-state index in [1.54, 1.807) is 11.8 Å². The van der Waals surface area contributed by atoms with Crippen LogP contribution in [-0.4, -0.2) is 26.4 Å². The predicted molar refractivity (Wildman–Crippen MR) is 80.2 cm³/mol. The maximum atomic E-state index is 5.67. The fourth-order valence-electron chi connectivity index (χ4n) is 1.54. The minimum absolute atomic E-state index is 0.682. The third-order valence-corrected chi connectivity index (χ3v) is 4.52. The summed E-state index contributed by atoms with van der Waals surface area (Å²) < 4.78 is 3.04. The number of benzene rings is 1. The van der Waals surface area contributed by atoms with E-state index in [1.165, 1.54) is 0 Å². The molecule has 1 aromatic carbocycles. The molecule has 0 bridgehead atoms. The van der Waals surface area contributed by atoms with E-state index in [1.807, 2.05) is 35.9 Å². The molecular weight excluding hydrogens is 334 g/mol. The van der Waals surface area contributed by atoms with Gasteiger partial charge < -0.3 is 4.57 Å². The molecule has 6 heteroatoms. The number of halogens is 2. The van der Waals surface area contributed by atoms with Gasteiger partial charge in [-0.25, -0.2) is 0 Å². The molecule has 0 radical (unpaired) electrons. The molecule has 0 saturated heterocycles. The van der Waals surface area contributed by atoms with Crippen molar-refractivity contribution in [2.24, 2.45) is 7.05 Å². The molecule has 0 fully saturated rings. The molecule has 3 nitrogen and oxygen atoms in total. The molecule has 0 aliphatic carbocycles. The van der Waals surface area contributed by atoms with E-state index in [4.69, 9.17) is 11.6 Å². The molecule has 1 aromatic heterocycles. The normalized spacial score (nSPS) is 10.8. The molecule has 0 saturated carbocycles. The van der Waals surface area contributed by atoms with E-state index >= 15 is 0 Å². The highest BCUT2D eigenvalue weighted by Gasteiger charge is 2.12. The highest BCUT2D eigenvalue weighted by Crippen LogP contribution is 2.28. The summed E-state index contributed by atoms with van der Waals surface area (Å²) in [5, 5.41) is 9.39. The maximum absolute atomic E-state index is 5.67. The largest absolute Gasteiger partial charge is 0.305 e. The van der Waals surface area contributed by atoms with Gasteiger partial charge in [0.25, 0.3) is 0 Å². The number of nitrogens with zero attached hydrogens (tertiary/aromatic N) is 3. The summed E-state index contributed by atoms with van der Waals surface area (Å²) in [5.74, 6) is 2.52. The Morgan fingerprint density at radius 3 is 2.83 bits per heavy atom. The van der Waals surface area contributed by atoms with Crippen molar-refractivity contribution in [3.8, 4) is 11.4 Å². The van der Waals surface area contributed by atoms with Crippen LogP contribution >= 0.6 is 39.3 Å². The molecule has 0 atom stereocenters. The summed E-state index contributed by atoms with van der Waals surface area (Å²) in [5.41, 5.74) is 1.05. The second-order valence-electron chi connectivity index (χ2n) is 3.74. The van der Waals surface area contributed by atoms with Gasteiger partial charge in [-0.05, 0) is 12.5 Å². The Morgan fingerprint density at radius 1 is 1.33 bits per heavy atom. The minimum atomic E-state index is 0.682. The van der Waals surface area contributed by atoms with Crippen LogP contribution in [0.15, 0.2) is 33.9 Å². The summed E-state index contributed by atoms with van der Waals surface area (Å²) in [7, 11) is 1.98. The van der Waals surface area contributed by atoms with Gasteiger partial charge in [0.1, 0.15) is 0 Å². The molecule has 2 rings (SSSR count). The number of thioether (sulfide) groups is 1. The van der Waals surface area contributed by atoms with Crippen LogP contribution in [0.4, 0.5) is 0 Å². The summed E-state index contributed by atoms with van der Waals surface area (Å²) in [6, 6.07) is 8.01. The topological polar surface area (TPSA) is 30.7 Å². The molecule has 0 aliphatic rings. The molecule has 0 spiro atoms. The van der Waals surface area contributed by atoms with E-state index in [0.29, 0.717) is 5.88 Å². The van der Waals surface area contributed by atoms with Gasteiger partial charge in [0.15, 0.2) is 11.0 Å². The van der Waals surface area contributed by atoms with Crippen LogP contribution in [0.1, 0.15) is 6.42 Å². The standard InChI is InChI=1S/C12H13BrClN3S/c1-17-11(9-5-2-3-6-10(9)13)15-16-12(17)18-8-4-7-14/h2-3,5-6H,4,7-8H2,1H3. The van der Waals surface area contributed by atoms with Crippen molar-refractivity contribution in [2.75, 3.05) is 11.6 Å². The lowest BCUT2D eigenvalue weighted by molar-refractivity contribution is 0.793. The molecule has 1 heterocycles. The third-order valence-electron chi connectivity index (χ3n) is 2.46. The number of rotatable bonds is 5. The van der Waals surface area contributed by atoms with Crippen molar-refractivity contribution in [1.82, 2.24) is 14.8 Å². The van der Waals surface area contributed by atoms with Crippen molar-refractivity contribution in [3.63, 3.8) is 0 Å². The van der Waals surface area contributed by atoms with E-state index in [2.05, 4.69) is 26.1 Å². The van der Waals surface area contributed by atoms with Crippen LogP contribution in [0.25, 0.3) is 11.4 Å². The third kappa shape index (κ3) is 3.08. The number of hydrogen-bond acceptors (Lipinski definition) is 3. The van der Waals surface area contributed by atoms with Gasteiger partial charge in [-0.1, -0.05) is 45.9 Å². The van der Waals surface area contributed by atoms with E-state index < -0.39 is 0 Å². The van der Waals surface area contributed by atoms with Crippen molar-refractivity contribution in [1.29, 1.82) is 0 Å². The zero-order valence-corrected chi connectivity index (χ0v) is 13.1. The van der Waals surface area contributed by atoms with Gasteiger partial charge in [-0.2, -0.15) is 0 Å². The second kappa shape index (κ2) is 6.59. The van der Waals surface area contributed by atoms with Gasteiger partial charge in [0.2, 0.25) is 0 Å². The van der Waals surface area contributed by atoms with Crippen LogP contribution in [0.5, 0.6) is 0 Å². The molecule has 2 aromatic rings. The van der Waals surface area contributed by atoms with Gasteiger partial charge in [0, 0.05) is 28.7 Å². The average molecular weight is 347 g/mol. The lowest BCUT2D eigenvalue weighted by atomic mass is 10.2.